The van der Waals surface area contributed by atoms with Crippen LogP contribution in [-0.2, 0) is 35.6 Å². The number of amides is 1. The van der Waals surface area contributed by atoms with Crippen LogP contribution in [0.4, 0.5) is 34.3 Å². The van der Waals surface area contributed by atoms with Crippen molar-refractivity contribution in [2.75, 3.05) is 126 Å². The van der Waals surface area contributed by atoms with Gasteiger partial charge in [-0.15, -0.1) is 0 Å². The number of ether oxygens (including phenoxy) is 6. The second-order valence-corrected chi connectivity index (χ2v) is 26.2. The number of aromatic nitrogens is 3. The lowest BCUT2D eigenvalue weighted by Crippen LogP contribution is -2.60. The zero-order valence-corrected chi connectivity index (χ0v) is 49.6. The minimum absolute atomic E-state index is 0.0501. The molecule has 6 aromatic rings. The van der Waals surface area contributed by atoms with Gasteiger partial charge in [0.1, 0.15) is 23.1 Å². The maximum atomic E-state index is 14.9. The number of sulfonamides is 1. The van der Waals surface area contributed by atoms with E-state index in [1.54, 1.807) is 13.2 Å². The molecule has 1 aliphatic carbocycles. The number of anilines is 5. The third-order valence-corrected chi connectivity index (χ3v) is 21.0. The highest BCUT2D eigenvalue weighted by atomic mass is 32.2. The number of methoxy groups -OCH3 is 1. The summed E-state index contributed by atoms with van der Waals surface area (Å²) in [4.78, 5) is 51.5. The topological polar surface area (TPSA) is 232 Å². The SMILES string of the molecule is COc1c(N2CCOCC2)ncc2c1COC[C@@H]2N1CCN(C2CC3(CCN(c4ccc(C(=O)NS(=O)(=O)c5ccc(NCC6CCOCC6)c([N+](=O)[O-])c5)c(N5c6cc7cc[nH]c7nc6O[C@H]6COCC[C@@H]65)c4)CC3)C2)[C@H](c2ccccc2C)C1. The predicted octanol–water partition coefficient (Wildman–Crippen LogP) is 8.04. The Morgan fingerprint density at radius 3 is 2.45 bits per heavy atom. The number of aryl methyl sites for hydroxylation is 1. The molecule has 5 saturated heterocycles. The summed E-state index contributed by atoms with van der Waals surface area (Å²) in [5, 5.41) is 16.4. The molecule has 454 valence electrons. The minimum atomic E-state index is -4.63. The standard InChI is InChI=1S/C63H75N11O11S/c1-40-5-3-4-6-46(40)55-36-71(56-38-84-37-49-48(56)35-66-60(58(49)80-2)70-22-27-82-28-23-70)20-21-72(55)44-32-63(33-44)15-18-69(19-16-63)43-7-9-47(52(30-43)73-51-14-26-83-39-57(51)85-62-54(73)29-42-11-17-64-59(42)67-62)61(75)68-86(78,79)45-8-10-50(53(31-45)74(76)77)65-34-41-12-24-81-25-13-41/h3-11,17,29-31,35,41,44,51,55-57,65H,12-16,18-28,32-34,36-39H2,1-2H3,(H,64,67)(H,68,75)/t51-,55-,56-,57-/m0/s1. The van der Waals surface area contributed by atoms with Crippen LogP contribution in [0.25, 0.3) is 11.0 Å². The lowest BCUT2D eigenvalue weighted by atomic mass is 9.59. The number of rotatable bonds is 14. The maximum Gasteiger partial charge on any atom is 0.293 e. The highest BCUT2D eigenvalue weighted by Gasteiger charge is 2.51. The zero-order valence-electron chi connectivity index (χ0n) is 48.8. The van der Waals surface area contributed by atoms with Gasteiger partial charge in [-0.2, -0.15) is 4.98 Å². The van der Waals surface area contributed by atoms with E-state index in [1.165, 1.54) is 28.8 Å². The Balaban J connectivity index is 0.713. The van der Waals surface area contributed by atoms with E-state index in [4.69, 9.17) is 38.4 Å². The minimum Gasteiger partial charge on any atom is -0.492 e. The molecule has 10 heterocycles. The van der Waals surface area contributed by atoms with Crippen LogP contribution in [0.1, 0.15) is 89.6 Å². The molecule has 3 aromatic carbocycles. The van der Waals surface area contributed by atoms with Crippen molar-refractivity contribution in [3.63, 3.8) is 0 Å². The monoisotopic (exact) mass is 1190 g/mol. The van der Waals surface area contributed by atoms with Crippen molar-refractivity contribution in [3.05, 3.63) is 123 Å². The third kappa shape index (κ3) is 10.8. The zero-order chi connectivity index (χ0) is 58.7. The van der Waals surface area contributed by atoms with Gasteiger partial charge in [0, 0.05) is 119 Å². The van der Waals surface area contributed by atoms with Crippen LogP contribution in [0.2, 0.25) is 0 Å². The van der Waals surface area contributed by atoms with Crippen LogP contribution in [0.3, 0.4) is 0 Å². The van der Waals surface area contributed by atoms with E-state index in [-0.39, 0.29) is 40.7 Å². The summed E-state index contributed by atoms with van der Waals surface area (Å²) < 4.78 is 67.0. The Kier molecular flexibility index (Phi) is 15.5. The molecular weight excluding hydrogens is 1120 g/mol. The molecule has 4 atom stereocenters. The van der Waals surface area contributed by atoms with Crippen LogP contribution >= 0.6 is 0 Å². The molecule has 0 bridgehead atoms. The fourth-order valence-electron chi connectivity index (χ4n) is 14.9. The van der Waals surface area contributed by atoms with E-state index >= 15 is 0 Å². The van der Waals surface area contributed by atoms with E-state index in [1.807, 2.05) is 30.5 Å². The number of aromatic amines is 1. The van der Waals surface area contributed by atoms with Crippen molar-refractivity contribution >= 4 is 61.2 Å². The van der Waals surface area contributed by atoms with Gasteiger partial charge < -0.3 is 53.4 Å². The number of fused-ring (bicyclic) bond motifs is 4. The number of nitrogens with zero attached hydrogens (tertiary/aromatic N) is 8. The average molecular weight is 1190 g/mol. The van der Waals surface area contributed by atoms with Gasteiger partial charge in [0.2, 0.25) is 5.88 Å². The molecule has 23 heteroatoms. The highest BCUT2D eigenvalue weighted by Crippen LogP contribution is 2.54. The number of nitrogens with one attached hydrogen (secondary N) is 3. The summed E-state index contributed by atoms with van der Waals surface area (Å²) in [5.41, 5.74) is 7.71. The first-order valence-corrected chi connectivity index (χ1v) is 32.0. The normalized spacial score (nSPS) is 23.9. The lowest BCUT2D eigenvalue weighted by Gasteiger charge is -2.59. The van der Waals surface area contributed by atoms with Crippen LogP contribution in [0.15, 0.2) is 90.1 Å². The number of carbonyl (C=O) groups is 1. The number of carbonyl (C=O) groups excluding carboxylic acids is 1. The Bertz CT molecular complexity index is 3630. The molecule has 86 heavy (non-hydrogen) atoms. The average Bonchev–Trinajstić information content (AvgIpc) is 1.35. The number of H-pyrrole nitrogens is 1. The molecule has 1 saturated carbocycles. The van der Waals surface area contributed by atoms with Crippen molar-refractivity contribution in [1.82, 2.24) is 29.5 Å². The summed E-state index contributed by atoms with van der Waals surface area (Å²) >= 11 is 0. The molecule has 3 N–H and O–H groups in total. The fraction of sp³-hybridized carbons (Fsp3) is 0.508. The summed E-state index contributed by atoms with van der Waals surface area (Å²) in [6.07, 6.45) is 9.86. The first-order chi connectivity index (χ1) is 41.9. The molecule has 1 spiro atoms. The molecule has 8 aliphatic rings. The Morgan fingerprint density at radius 1 is 0.849 bits per heavy atom. The van der Waals surface area contributed by atoms with Crippen LogP contribution in [0, 0.1) is 28.4 Å². The predicted molar refractivity (Wildman–Crippen MR) is 323 cm³/mol. The summed E-state index contributed by atoms with van der Waals surface area (Å²) in [7, 11) is -2.89. The molecule has 22 nitrogen and oxygen atoms in total. The number of benzene rings is 3. The van der Waals surface area contributed by atoms with Gasteiger partial charge in [0.25, 0.3) is 21.6 Å². The molecule has 14 rings (SSSR count). The molecule has 0 unspecified atom stereocenters. The van der Waals surface area contributed by atoms with Gasteiger partial charge in [0.15, 0.2) is 11.6 Å². The highest BCUT2D eigenvalue weighted by molar-refractivity contribution is 7.90. The van der Waals surface area contributed by atoms with E-state index in [2.05, 4.69) is 76.9 Å². The van der Waals surface area contributed by atoms with E-state index in [0.29, 0.717) is 94.8 Å². The van der Waals surface area contributed by atoms with E-state index < -0.39 is 37.5 Å². The van der Waals surface area contributed by atoms with E-state index in [0.717, 1.165) is 119 Å². The van der Waals surface area contributed by atoms with Gasteiger partial charge in [-0.05, 0) is 122 Å². The largest absolute Gasteiger partial charge is 0.492 e. The molecule has 6 fully saturated rings. The van der Waals surface area contributed by atoms with Crippen molar-refractivity contribution in [2.24, 2.45) is 11.3 Å². The Morgan fingerprint density at radius 2 is 1.65 bits per heavy atom. The van der Waals surface area contributed by atoms with Gasteiger partial charge in [-0.3, -0.25) is 24.7 Å². The lowest BCUT2D eigenvalue weighted by molar-refractivity contribution is -0.384. The second-order valence-electron chi connectivity index (χ2n) is 24.5. The number of nitro benzene ring substituents is 1. The second kappa shape index (κ2) is 23.5. The number of pyridine rings is 2. The van der Waals surface area contributed by atoms with Crippen LogP contribution in [0.5, 0.6) is 11.6 Å². The molecule has 0 radical (unpaired) electrons. The van der Waals surface area contributed by atoms with Crippen molar-refractivity contribution < 1.29 is 46.6 Å². The smallest absolute Gasteiger partial charge is 0.293 e. The number of morpholine rings is 1. The number of hydrogen-bond acceptors (Lipinski definition) is 19. The fourth-order valence-corrected chi connectivity index (χ4v) is 15.9. The van der Waals surface area contributed by atoms with Crippen LogP contribution in [-0.4, -0.2) is 168 Å². The quantitative estimate of drug-likeness (QED) is 0.0692. The van der Waals surface area contributed by atoms with Crippen LogP contribution < -0.4 is 34.2 Å². The van der Waals surface area contributed by atoms with Gasteiger partial charge >= 0.3 is 0 Å². The molecular formula is C63H75N11O11S. The Labute approximate surface area is 500 Å². The van der Waals surface area contributed by atoms with Gasteiger partial charge in [-0.1, -0.05) is 24.3 Å². The number of piperazine rings is 1. The number of hydrogen-bond donors (Lipinski definition) is 3. The van der Waals surface area contributed by atoms with E-state index in [9.17, 15) is 23.3 Å². The number of piperidine rings is 1. The Hall–Kier alpha value is -7.12. The van der Waals surface area contributed by atoms with Crippen molar-refractivity contribution in [2.45, 2.75) is 93.6 Å². The summed E-state index contributed by atoms with van der Waals surface area (Å²) in [5.74, 6) is 1.41. The van der Waals surface area contributed by atoms with Gasteiger partial charge in [-0.25, -0.2) is 18.1 Å². The molecule has 3 aromatic heterocycles. The number of nitro groups is 1. The first kappa shape index (κ1) is 56.7. The third-order valence-electron chi connectivity index (χ3n) is 19.7. The first-order valence-electron chi connectivity index (χ1n) is 30.5. The molecule has 7 aliphatic heterocycles. The van der Waals surface area contributed by atoms with Gasteiger partial charge in [0.05, 0.1) is 73.3 Å². The maximum absolute atomic E-state index is 14.9. The molecule has 1 amide bonds. The van der Waals surface area contributed by atoms with Crippen molar-refractivity contribution in [3.8, 4) is 11.6 Å². The summed E-state index contributed by atoms with van der Waals surface area (Å²) in [6, 6.07) is 22.5. The van der Waals surface area contributed by atoms with Crippen molar-refractivity contribution in [1.29, 1.82) is 0 Å². The summed E-state index contributed by atoms with van der Waals surface area (Å²) in [6.45, 7) is 13.0.